The first-order valence-corrected chi connectivity index (χ1v) is 4.35. The number of rotatable bonds is 1. The molecule has 0 aliphatic heterocycles. The third kappa shape index (κ3) is 3.11. The van der Waals surface area contributed by atoms with Gasteiger partial charge in [0.1, 0.15) is 0 Å². The monoisotopic (exact) mass is 244 g/mol. The first kappa shape index (κ1) is 12.8. The number of benzene rings is 1. The van der Waals surface area contributed by atoms with Crippen molar-refractivity contribution in [3.05, 3.63) is 29.3 Å². The predicted octanol–water partition coefficient (Wildman–Crippen LogP) is 2.76. The number of nitriles is 1. The number of halogens is 3. The summed E-state index contributed by atoms with van der Waals surface area (Å²) >= 11 is 0. The fourth-order valence-electron chi connectivity index (χ4n) is 1.12. The Balaban J connectivity index is 3.15. The average Bonchev–Trinajstić information content (AvgIpc) is 2.27. The van der Waals surface area contributed by atoms with E-state index in [4.69, 9.17) is 5.26 Å². The van der Waals surface area contributed by atoms with Gasteiger partial charge < -0.3 is 4.74 Å². The molecule has 0 aromatic heterocycles. The standard InChI is InChI=1S/C10H7F3N2O2/c1-17-9(16)15-7-3-2-6(5-14)8(4-7)10(11,12)13/h2-4H,1H3,(H,15,16). The van der Waals surface area contributed by atoms with E-state index in [9.17, 15) is 18.0 Å². The molecule has 0 aliphatic carbocycles. The van der Waals surface area contributed by atoms with Crippen LogP contribution in [0.15, 0.2) is 18.2 Å². The Bertz CT molecular complexity index is 477. The zero-order valence-electron chi connectivity index (χ0n) is 8.63. The van der Waals surface area contributed by atoms with Crippen LogP contribution in [0.1, 0.15) is 11.1 Å². The number of hydrogen-bond donors (Lipinski definition) is 1. The minimum Gasteiger partial charge on any atom is -0.453 e. The molecule has 0 bridgehead atoms. The number of ether oxygens (including phenoxy) is 1. The van der Waals surface area contributed by atoms with E-state index in [0.29, 0.717) is 6.07 Å². The molecule has 0 fully saturated rings. The lowest BCUT2D eigenvalue weighted by Crippen LogP contribution is -2.13. The lowest BCUT2D eigenvalue weighted by molar-refractivity contribution is -0.137. The summed E-state index contributed by atoms with van der Waals surface area (Å²) in [5.41, 5.74) is -1.70. The quantitative estimate of drug-likeness (QED) is 0.826. The summed E-state index contributed by atoms with van der Waals surface area (Å²) in [5.74, 6) is 0. The summed E-state index contributed by atoms with van der Waals surface area (Å²) in [5, 5.41) is 10.6. The van der Waals surface area contributed by atoms with Crippen LogP contribution in [0.25, 0.3) is 0 Å². The number of amides is 1. The fourth-order valence-corrected chi connectivity index (χ4v) is 1.12. The molecular formula is C10H7F3N2O2. The summed E-state index contributed by atoms with van der Waals surface area (Å²) in [7, 11) is 1.09. The topological polar surface area (TPSA) is 62.1 Å². The molecule has 1 aromatic carbocycles. The molecule has 1 rings (SSSR count). The van der Waals surface area contributed by atoms with Crippen molar-refractivity contribution in [3.8, 4) is 6.07 Å². The maximum Gasteiger partial charge on any atom is 0.417 e. The number of carbonyl (C=O) groups excluding carboxylic acids is 1. The van der Waals surface area contributed by atoms with Crippen LogP contribution in [0.5, 0.6) is 0 Å². The van der Waals surface area contributed by atoms with Crippen LogP contribution >= 0.6 is 0 Å². The number of hydrogen-bond acceptors (Lipinski definition) is 3. The second-order valence-corrected chi connectivity index (χ2v) is 2.99. The Hall–Kier alpha value is -2.23. The van der Waals surface area contributed by atoms with Crippen molar-refractivity contribution >= 4 is 11.8 Å². The minimum atomic E-state index is -4.65. The van der Waals surface area contributed by atoms with Crippen LogP contribution in [0.3, 0.4) is 0 Å². The van der Waals surface area contributed by atoms with Crippen molar-refractivity contribution in [1.82, 2.24) is 0 Å². The van der Waals surface area contributed by atoms with Crippen LogP contribution in [-0.4, -0.2) is 13.2 Å². The lowest BCUT2D eigenvalue weighted by Gasteiger charge is -2.11. The Labute approximate surface area is 94.6 Å². The van der Waals surface area contributed by atoms with Crippen molar-refractivity contribution in [3.63, 3.8) is 0 Å². The van der Waals surface area contributed by atoms with E-state index in [-0.39, 0.29) is 5.69 Å². The van der Waals surface area contributed by atoms with Gasteiger partial charge in [0, 0.05) is 5.69 Å². The highest BCUT2D eigenvalue weighted by Gasteiger charge is 2.33. The second kappa shape index (κ2) is 4.74. The van der Waals surface area contributed by atoms with Crippen LogP contribution in [0.2, 0.25) is 0 Å². The van der Waals surface area contributed by atoms with E-state index < -0.39 is 23.4 Å². The van der Waals surface area contributed by atoms with E-state index in [0.717, 1.165) is 13.2 Å². The van der Waals surface area contributed by atoms with Crippen molar-refractivity contribution in [2.45, 2.75) is 6.18 Å². The Kier molecular flexibility index (Phi) is 3.58. The van der Waals surface area contributed by atoms with Gasteiger partial charge in [-0.2, -0.15) is 18.4 Å². The predicted molar refractivity (Wildman–Crippen MR) is 52.2 cm³/mol. The summed E-state index contributed by atoms with van der Waals surface area (Å²) in [6.45, 7) is 0. The van der Waals surface area contributed by atoms with Gasteiger partial charge in [0.15, 0.2) is 0 Å². The zero-order chi connectivity index (χ0) is 13.1. The number of alkyl halides is 3. The van der Waals surface area contributed by atoms with Gasteiger partial charge in [0.05, 0.1) is 24.3 Å². The van der Waals surface area contributed by atoms with Crippen molar-refractivity contribution in [1.29, 1.82) is 5.26 Å². The normalized spacial score (nSPS) is 10.5. The largest absolute Gasteiger partial charge is 0.453 e. The van der Waals surface area contributed by atoms with E-state index in [1.54, 1.807) is 0 Å². The van der Waals surface area contributed by atoms with Gasteiger partial charge >= 0.3 is 12.3 Å². The highest BCUT2D eigenvalue weighted by atomic mass is 19.4. The molecule has 1 amide bonds. The van der Waals surface area contributed by atoms with Gasteiger partial charge in [-0.15, -0.1) is 0 Å². The third-order valence-corrected chi connectivity index (χ3v) is 1.88. The first-order valence-electron chi connectivity index (χ1n) is 4.35. The number of nitrogens with zero attached hydrogens (tertiary/aromatic N) is 1. The molecule has 0 aliphatic rings. The van der Waals surface area contributed by atoms with Gasteiger partial charge in [-0.05, 0) is 18.2 Å². The minimum absolute atomic E-state index is 0.0943. The number of anilines is 1. The lowest BCUT2D eigenvalue weighted by atomic mass is 10.1. The molecule has 0 spiro atoms. The molecule has 1 N–H and O–H groups in total. The van der Waals surface area contributed by atoms with Gasteiger partial charge in [-0.25, -0.2) is 4.79 Å². The molecular weight excluding hydrogens is 237 g/mol. The fraction of sp³-hybridized carbons (Fsp3) is 0.200. The number of nitrogens with one attached hydrogen (secondary N) is 1. The van der Waals surface area contributed by atoms with Crippen LogP contribution in [-0.2, 0) is 10.9 Å². The molecule has 17 heavy (non-hydrogen) atoms. The van der Waals surface area contributed by atoms with Crippen molar-refractivity contribution < 1.29 is 22.7 Å². The highest BCUT2D eigenvalue weighted by Crippen LogP contribution is 2.33. The van der Waals surface area contributed by atoms with Crippen LogP contribution < -0.4 is 5.32 Å². The van der Waals surface area contributed by atoms with E-state index in [2.05, 4.69) is 10.1 Å². The molecule has 0 heterocycles. The van der Waals surface area contributed by atoms with Crippen molar-refractivity contribution in [2.75, 3.05) is 12.4 Å². The summed E-state index contributed by atoms with van der Waals surface area (Å²) in [4.78, 5) is 10.8. The zero-order valence-corrected chi connectivity index (χ0v) is 8.63. The SMILES string of the molecule is COC(=O)Nc1ccc(C#N)c(C(F)(F)F)c1. The van der Waals surface area contributed by atoms with E-state index >= 15 is 0 Å². The Morgan fingerprint density at radius 3 is 2.59 bits per heavy atom. The smallest absolute Gasteiger partial charge is 0.417 e. The molecule has 0 unspecified atom stereocenters. The Morgan fingerprint density at radius 1 is 1.47 bits per heavy atom. The molecule has 0 saturated carbocycles. The summed E-state index contributed by atoms with van der Waals surface area (Å²) < 4.78 is 41.9. The van der Waals surface area contributed by atoms with Gasteiger partial charge in [0.25, 0.3) is 0 Å². The molecule has 0 radical (unpaired) electrons. The third-order valence-electron chi connectivity index (χ3n) is 1.88. The van der Waals surface area contributed by atoms with Gasteiger partial charge in [0.2, 0.25) is 0 Å². The van der Waals surface area contributed by atoms with Crippen LogP contribution in [0.4, 0.5) is 23.7 Å². The number of methoxy groups -OCH3 is 1. The van der Waals surface area contributed by atoms with Gasteiger partial charge in [-0.3, -0.25) is 5.32 Å². The van der Waals surface area contributed by atoms with Crippen molar-refractivity contribution in [2.24, 2.45) is 0 Å². The number of carbonyl (C=O) groups is 1. The average molecular weight is 244 g/mol. The first-order chi connectivity index (χ1) is 7.88. The summed E-state index contributed by atoms with van der Waals surface area (Å²) in [6, 6.07) is 4.27. The van der Waals surface area contributed by atoms with Crippen LogP contribution in [0, 0.1) is 11.3 Å². The molecule has 7 heteroatoms. The molecule has 4 nitrogen and oxygen atoms in total. The maximum absolute atomic E-state index is 12.5. The second-order valence-electron chi connectivity index (χ2n) is 2.99. The summed E-state index contributed by atoms with van der Waals surface area (Å²) in [6.07, 6.45) is -5.54. The molecule has 0 saturated heterocycles. The Morgan fingerprint density at radius 2 is 2.12 bits per heavy atom. The molecule has 1 aromatic rings. The molecule has 0 atom stereocenters. The van der Waals surface area contributed by atoms with E-state index in [1.165, 1.54) is 12.1 Å². The van der Waals surface area contributed by atoms with E-state index in [1.807, 2.05) is 0 Å². The molecule has 90 valence electrons. The highest BCUT2D eigenvalue weighted by molar-refractivity contribution is 5.84. The maximum atomic E-state index is 12.5. The van der Waals surface area contributed by atoms with Gasteiger partial charge in [-0.1, -0.05) is 0 Å².